The summed E-state index contributed by atoms with van der Waals surface area (Å²) in [6.07, 6.45) is 0. The molecule has 22 heavy (non-hydrogen) atoms. The van der Waals surface area contributed by atoms with Gasteiger partial charge in [-0.1, -0.05) is 13.8 Å². The molecule has 9 heteroatoms. The van der Waals surface area contributed by atoms with Crippen LogP contribution >= 0.6 is 0 Å². The third kappa shape index (κ3) is 4.01. The Morgan fingerprint density at radius 1 is 1.32 bits per heavy atom. The number of carboxylic acid groups (broad SMARTS) is 1. The van der Waals surface area contributed by atoms with Crippen LogP contribution in [0, 0.1) is 11.7 Å². The van der Waals surface area contributed by atoms with Crippen molar-refractivity contribution < 1.29 is 32.2 Å². The molecule has 1 rings (SSSR count). The number of carbonyl (C=O) groups excluding carboxylic acids is 1. The third-order valence-electron chi connectivity index (χ3n) is 2.87. The molecule has 0 fully saturated rings. The van der Waals surface area contributed by atoms with E-state index in [9.17, 15) is 22.4 Å². The lowest BCUT2D eigenvalue weighted by atomic mass is 10.1. The first-order valence-corrected chi connectivity index (χ1v) is 7.71. The second-order valence-electron chi connectivity index (χ2n) is 4.81. The Bertz CT molecular complexity index is 686. The Morgan fingerprint density at radius 3 is 2.32 bits per heavy atom. The number of methoxy groups -OCH3 is 1. The van der Waals surface area contributed by atoms with Gasteiger partial charge in [-0.05, 0) is 24.1 Å². The van der Waals surface area contributed by atoms with Crippen LogP contribution in [0.1, 0.15) is 24.2 Å². The molecule has 0 saturated carbocycles. The summed E-state index contributed by atoms with van der Waals surface area (Å²) in [6.45, 7) is 3.06. The highest BCUT2D eigenvalue weighted by Gasteiger charge is 2.28. The number of hydrogen-bond acceptors (Lipinski definition) is 5. The van der Waals surface area contributed by atoms with Gasteiger partial charge in [0.25, 0.3) is 0 Å². The number of ether oxygens (including phenoxy) is 1. The van der Waals surface area contributed by atoms with Crippen LogP contribution in [0.3, 0.4) is 0 Å². The van der Waals surface area contributed by atoms with Crippen molar-refractivity contribution >= 4 is 22.0 Å². The number of sulfonamides is 1. The lowest BCUT2D eigenvalue weighted by Gasteiger charge is -2.18. The zero-order valence-corrected chi connectivity index (χ0v) is 13.0. The van der Waals surface area contributed by atoms with Crippen molar-refractivity contribution in [2.75, 3.05) is 7.11 Å². The van der Waals surface area contributed by atoms with Gasteiger partial charge < -0.3 is 9.84 Å². The monoisotopic (exact) mass is 333 g/mol. The molecule has 1 aromatic carbocycles. The van der Waals surface area contributed by atoms with E-state index < -0.39 is 50.2 Å². The molecule has 0 radical (unpaired) electrons. The zero-order chi connectivity index (χ0) is 17.1. The first-order chi connectivity index (χ1) is 10.1. The van der Waals surface area contributed by atoms with Crippen molar-refractivity contribution in [3.63, 3.8) is 0 Å². The van der Waals surface area contributed by atoms with E-state index in [0.29, 0.717) is 6.07 Å². The highest BCUT2D eigenvalue weighted by atomic mass is 32.2. The summed E-state index contributed by atoms with van der Waals surface area (Å²) < 4.78 is 44.3. The molecule has 7 nitrogen and oxygen atoms in total. The van der Waals surface area contributed by atoms with E-state index in [2.05, 4.69) is 4.74 Å². The quantitative estimate of drug-likeness (QED) is 0.752. The van der Waals surface area contributed by atoms with E-state index >= 15 is 0 Å². The predicted molar refractivity (Wildman–Crippen MR) is 74.3 cm³/mol. The number of rotatable bonds is 6. The molecule has 1 atom stereocenters. The van der Waals surface area contributed by atoms with E-state index in [1.807, 2.05) is 4.72 Å². The number of halogens is 1. The number of carbonyl (C=O) groups is 2. The SMILES string of the molecule is COC(=O)c1ccc(S(=O)(=O)N[C@@H](C(=O)O)C(C)C)cc1F. The predicted octanol–water partition coefficient (Wildman–Crippen LogP) is 1.000. The summed E-state index contributed by atoms with van der Waals surface area (Å²) in [5.74, 6) is -3.87. The maximum atomic E-state index is 13.8. The van der Waals surface area contributed by atoms with Gasteiger partial charge in [0.15, 0.2) is 0 Å². The summed E-state index contributed by atoms with van der Waals surface area (Å²) in [4.78, 5) is 21.8. The Hall–Kier alpha value is -2.00. The fourth-order valence-corrected chi connectivity index (χ4v) is 2.99. The van der Waals surface area contributed by atoms with E-state index in [-0.39, 0.29) is 0 Å². The van der Waals surface area contributed by atoms with Crippen LogP contribution in [-0.2, 0) is 19.6 Å². The number of aliphatic carboxylic acids is 1. The molecule has 0 spiro atoms. The van der Waals surface area contributed by atoms with Crippen molar-refractivity contribution in [3.05, 3.63) is 29.6 Å². The Morgan fingerprint density at radius 2 is 1.91 bits per heavy atom. The van der Waals surface area contributed by atoms with Crippen LogP contribution in [0.15, 0.2) is 23.1 Å². The minimum atomic E-state index is -4.24. The van der Waals surface area contributed by atoms with Crippen LogP contribution in [-0.4, -0.2) is 38.6 Å². The normalized spacial score (nSPS) is 13.0. The first-order valence-electron chi connectivity index (χ1n) is 6.23. The molecule has 1 aromatic rings. The average molecular weight is 333 g/mol. The van der Waals surface area contributed by atoms with Gasteiger partial charge in [-0.2, -0.15) is 4.72 Å². The molecule has 0 aliphatic rings. The summed E-state index contributed by atoms with van der Waals surface area (Å²) in [5, 5.41) is 9.00. The van der Waals surface area contributed by atoms with Gasteiger partial charge >= 0.3 is 11.9 Å². The average Bonchev–Trinajstić information content (AvgIpc) is 2.43. The third-order valence-corrected chi connectivity index (χ3v) is 4.31. The molecule has 0 aliphatic carbocycles. The van der Waals surface area contributed by atoms with Crippen LogP contribution in [0.4, 0.5) is 4.39 Å². The van der Waals surface area contributed by atoms with Crippen LogP contribution in [0.25, 0.3) is 0 Å². The fraction of sp³-hybridized carbons (Fsp3) is 0.385. The molecule has 0 aromatic heterocycles. The summed E-state index contributed by atoms with van der Waals surface area (Å²) >= 11 is 0. The lowest BCUT2D eigenvalue weighted by molar-refractivity contribution is -0.140. The van der Waals surface area contributed by atoms with Gasteiger partial charge in [0, 0.05) is 0 Å². The smallest absolute Gasteiger partial charge is 0.340 e. The van der Waals surface area contributed by atoms with E-state index in [1.54, 1.807) is 0 Å². The van der Waals surface area contributed by atoms with Crippen LogP contribution < -0.4 is 4.72 Å². The minimum absolute atomic E-state index is 0.417. The molecule has 0 aliphatic heterocycles. The zero-order valence-electron chi connectivity index (χ0n) is 12.2. The maximum absolute atomic E-state index is 13.8. The largest absolute Gasteiger partial charge is 0.480 e. The molecule has 0 unspecified atom stereocenters. The Labute approximate surface area is 127 Å². The summed E-state index contributed by atoms with van der Waals surface area (Å²) in [6, 6.07) is 1.24. The van der Waals surface area contributed by atoms with Crippen LogP contribution in [0.2, 0.25) is 0 Å². The van der Waals surface area contributed by atoms with Crippen molar-refractivity contribution in [2.45, 2.75) is 24.8 Å². The number of benzene rings is 1. The van der Waals surface area contributed by atoms with Gasteiger partial charge in [0.1, 0.15) is 11.9 Å². The summed E-state index contributed by atoms with van der Waals surface area (Å²) in [5.41, 5.74) is -0.417. The second kappa shape index (κ2) is 6.84. The molecular formula is C13H16FNO6S. The van der Waals surface area contributed by atoms with Crippen molar-refractivity contribution in [1.82, 2.24) is 4.72 Å². The van der Waals surface area contributed by atoms with Gasteiger partial charge in [-0.25, -0.2) is 17.6 Å². The van der Waals surface area contributed by atoms with E-state index in [1.165, 1.54) is 13.8 Å². The Kier molecular flexibility index (Phi) is 5.61. The van der Waals surface area contributed by atoms with Crippen LogP contribution in [0.5, 0.6) is 0 Å². The maximum Gasteiger partial charge on any atom is 0.340 e. The number of carboxylic acids is 1. The molecule has 2 N–H and O–H groups in total. The molecule has 122 valence electrons. The van der Waals surface area contributed by atoms with Gasteiger partial charge in [0.2, 0.25) is 10.0 Å². The summed E-state index contributed by atoms with van der Waals surface area (Å²) in [7, 11) is -3.18. The Balaban J connectivity index is 3.16. The van der Waals surface area contributed by atoms with Gasteiger partial charge in [0.05, 0.1) is 17.6 Å². The van der Waals surface area contributed by atoms with Crippen molar-refractivity contribution in [1.29, 1.82) is 0 Å². The van der Waals surface area contributed by atoms with E-state index in [4.69, 9.17) is 5.11 Å². The molecule has 0 bridgehead atoms. The number of hydrogen-bond donors (Lipinski definition) is 2. The fourth-order valence-electron chi connectivity index (χ4n) is 1.65. The molecular weight excluding hydrogens is 317 g/mol. The highest BCUT2D eigenvalue weighted by molar-refractivity contribution is 7.89. The van der Waals surface area contributed by atoms with Gasteiger partial charge in [-0.15, -0.1) is 0 Å². The molecule has 0 saturated heterocycles. The number of nitrogens with one attached hydrogen (secondary N) is 1. The van der Waals surface area contributed by atoms with Crippen molar-refractivity contribution in [3.8, 4) is 0 Å². The molecule has 0 amide bonds. The number of esters is 1. The van der Waals surface area contributed by atoms with Gasteiger partial charge in [-0.3, -0.25) is 4.79 Å². The first kappa shape index (κ1) is 18.1. The standard InChI is InChI=1S/C13H16FNO6S/c1-7(2)11(12(16)17)15-22(19,20)8-4-5-9(10(14)6-8)13(18)21-3/h4-7,11,15H,1-3H3,(H,16,17)/t11-/m1/s1. The van der Waals surface area contributed by atoms with E-state index in [0.717, 1.165) is 19.2 Å². The topological polar surface area (TPSA) is 110 Å². The lowest BCUT2D eigenvalue weighted by Crippen LogP contribution is -2.44. The van der Waals surface area contributed by atoms with Crippen molar-refractivity contribution in [2.24, 2.45) is 5.92 Å². The molecule has 0 heterocycles. The highest BCUT2D eigenvalue weighted by Crippen LogP contribution is 2.17. The minimum Gasteiger partial charge on any atom is -0.480 e. The second-order valence-corrected chi connectivity index (χ2v) is 6.53.